The number of halogens is 3. The summed E-state index contributed by atoms with van der Waals surface area (Å²) in [6, 6.07) is 3.80. The van der Waals surface area contributed by atoms with Crippen molar-refractivity contribution in [1.29, 1.82) is 0 Å². The number of hydrogen-bond acceptors (Lipinski definition) is 5. The summed E-state index contributed by atoms with van der Waals surface area (Å²) in [5.41, 5.74) is 1.66. The van der Waals surface area contributed by atoms with Gasteiger partial charge < -0.3 is 14.8 Å². The molecule has 0 saturated carbocycles. The van der Waals surface area contributed by atoms with Gasteiger partial charge in [0, 0.05) is 24.4 Å². The third-order valence-corrected chi connectivity index (χ3v) is 3.31. The average Bonchev–Trinajstić information content (AvgIpc) is 2.53. The third-order valence-electron chi connectivity index (χ3n) is 3.31. The number of hydrazone groups is 1. The van der Waals surface area contributed by atoms with E-state index < -0.39 is 17.8 Å². The van der Waals surface area contributed by atoms with E-state index in [0.29, 0.717) is 6.61 Å². The normalized spacial score (nSPS) is 16.0. The van der Waals surface area contributed by atoms with E-state index >= 15 is 0 Å². The number of alkyl halides is 3. The summed E-state index contributed by atoms with van der Waals surface area (Å²) in [4.78, 5) is 10.9. The number of carbonyl (C=O) groups is 1. The first-order chi connectivity index (χ1) is 11.3. The molecule has 1 aliphatic rings. The molecule has 1 amide bonds. The number of nitrogens with one attached hydrogen (secondary N) is 2. The van der Waals surface area contributed by atoms with Gasteiger partial charge in [-0.1, -0.05) is 6.07 Å². The molecule has 0 unspecified atom stereocenters. The molecule has 1 atom stereocenters. The smallest absolute Gasteiger partial charge is 0.428 e. The molecule has 0 fully saturated rings. The van der Waals surface area contributed by atoms with Gasteiger partial charge >= 0.3 is 12.3 Å². The monoisotopic (exact) mass is 345 g/mol. The summed E-state index contributed by atoms with van der Waals surface area (Å²) in [5, 5.41) is 6.47. The molecule has 0 spiro atoms. The van der Waals surface area contributed by atoms with Crippen LogP contribution < -0.4 is 10.7 Å². The predicted octanol–water partition coefficient (Wildman–Crippen LogP) is 2.99. The van der Waals surface area contributed by atoms with Crippen LogP contribution in [0.1, 0.15) is 25.0 Å². The number of amides is 1. The number of ether oxygens (including phenoxy) is 2. The highest BCUT2D eigenvalue weighted by Crippen LogP contribution is 2.35. The summed E-state index contributed by atoms with van der Waals surface area (Å²) in [7, 11) is 0. The fourth-order valence-corrected chi connectivity index (χ4v) is 2.17. The van der Waals surface area contributed by atoms with Crippen molar-refractivity contribution < 1.29 is 27.4 Å². The van der Waals surface area contributed by atoms with Crippen LogP contribution in [0.3, 0.4) is 0 Å². The molecule has 9 heteroatoms. The van der Waals surface area contributed by atoms with Crippen molar-refractivity contribution in [3.05, 3.63) is 29.3 Å². The Bertz CT molecular complexity index is 632. The molecule has 1 heterocycles. The van der Waals surface area contributed by atoms with E-state index in [0.717, 1.165) is 6.07 Å². The largest absolute Gasteiger partial charge is 0.442 e. The van der Waals surface area contributed by atoms with E-state index in [1.807, 2.05) is 6.92 Å². The summed E-state index contributed by atoms with van der Waals surface area (Å²) in [6.07, 6.45) is -5.49. The van der Waals surface area contributed by atoms with Crippen molar-refractivity contribution in [3.63, 3.8) is 0 Å². The van der Waals surface area contributed by atoms with Crippen molar-refractivity contribution in [2.45, 2.75) is 26.1 Å². The lowest BCUT2D eigenvalue weighted by molar-refractivity contribution is -0.137. The Hall–Kier alpha value is -2.29. The Kier molecular flexibility index (Phi) is 5.66. The Morgan fingerprint density at radius 1 is 1.46 bits per heavy atom. The van der Waals surface area contributed by atoms with Crippen molar-refractivity contribution >= 4 is 17.5 Å². The molecule has 2 N–H and O–H groups in total. The molecule has 2 rings (SSSR count). The molecule has 24 heavy (non-hydrogen) atoms. The number of anilines is 1. The highest BCUT2D eigenvalue weighted by atomic mass is 19.4. The van der Waals surface area contributed by atoms with Gasteiger partial charge in [0.25, 0.3) is 0 Å². The SMILES string of the molecule is CCO[C@H](C)CNc1ccc(C2=NNC(=O)OC2)cc1C(F)(F)F. The summed E-state index contributed by atoms with van der Waals surface area (Å²) >= 11 is 0. The molecule has 132 valence electrons. The Morgan fingerprint density at radius 3 is 2.79 bits per heavy atom. The van der Waals surface area contributed by atoms with Gasteiger partial charge in [-0.15, -0.1) is 0 Å². The molecule has 1 aromatic rings. The third kappa shape index (κ3) is 4.60. The minimum Gasteiger partial charge on any atom is -0.442 e. The first kappa shape index (κ1) is 18.1. The summed E-state index contributed by atoms with van der Waals surface area (Å²) in [5.74, 6) is 0. The van der Waals surface area contributed by atoms with Gasteiger partial charge in [-0.3, -0.25) is 0 Å². The minimum atomic E-state index is -4.54. The number of carbonyl (C=O) groups excluding carboxylic acids is 1. The molecular weight excluding hydrogens is 327 g/mol. The molecule has 0 aliphatic carbocycles. The van der Waals surface area contributed by atoms with Crippen LogP contribution in [0.4, 0.5) is 23.7 Å². The molecular formula is C15H18F3N3O3. The maximum atomic E-state index is 13.3. The van der Waals surface area contributed by atoms with Gasteiger partial charge in [-0.2, -0.15) is 18.3 Å². The topological polar surface area (TPSA) is 72.0 Å². The first-order valence-corrected chi connectivity index (χ1v) is 7.37. The maximum absolute atomic E-state index is 13.3. The second-order valence-corrected chi connectivity index (χ2v) is 5.15. The van der Waals surface area contributed by atoms with Gasteiger partial charge in [-0.05, 0) is 26.0 Å². The zero-order valence-corrected chi connectivity index (χ0v) is 13.2. The first-order valence-electron chi connectivity index (χ1n) is 7.37. The maximum Gasteiger partial charge on any atom is 0.428 e. The highest BCUT2D eigenvalue weighted by molar-refractivity contribution is 6.04. The number of benzene rings is 1. The molecule has 0 saturated heterocycles. The van der Waals surface area contributed by atoms with Crippen LogP contribution in [-0.4, -0.2) is 37.7 Å². The predicted molar refractivity (Wildman–Crippen MR) is 82.0 cm³/mol. The van der Waals surface area contributed by atoms with Gasteiger partial charge in [-0.25, -0.2) is 10.2 Å². The van der Waals surface area contributed by atoms with Crippen LogP contribution in [-0.2, 0) is 15.7 Å². The van der Waals surface area contributed by atoms with E-state index in [1.54, 1.807) is 6.92 Å². The highest BCUT2D eigenvalue weighted by Gasteiger charge is 2.34. The van der Waals surface area contributed by atoms with Gasteiger partial charge in [0.1, 0.15) is 12.3 Å². The number of nitrogens with zero attached hydrogens (tertiary/aromatic N) is 1. The van der Waals surface area contributed by atoms with Gasteiger partial charge in [0.15, 0.2) is 0 Å². The Morgan fingerprint density at radius 2 is 2.21 bits per heavy atom. The second-order valence-electron chi connectivity index (χ2n) is 5.15. The molecule has 0 radical (unpaired) electrons. The van der Waals surface area contributed by atoms with Crippen LogP contribution in [0.2, 0.25) is 0 Å². The fourth-order valence-electron chi connectivity index (χ4n) is 2.17. The average molecular weight is 345 g/mol. The minimum absolute atomic E-state index is 0.0424. The van der Waals surface area contributed by atoms with Crippen molar-refractivity contribution in [2.24, 2.45) is 5.10 Å². The van der Waals surface area contributed by atoms with E-state index in [1.165, 1.54) is 12.1 Å². The van der Waals surface area contributed by atoms with E-state index in [-0.39, 0.29) is 36.2 Å². The molecule has 1 aromatic carbocycles. The Labute approximate surface area is 137 Å². The standard InChI is InChI=1S/C15H18F3N3O3/c1-3-23-9(2)7-19-12-5-4-10(6-11(12)15(16,17)18)13-8-24-14(22)21-20-13/h4-6,9,19H,3,7-8H2,1-2H3,(H,21,22)/t9-/m1/s1. The van der Waals surface area contributed by atoms with Gasteiger partial charge in [0.2, 0.25) is 0 Å². The quantitative estimate of drug-likeness (QED) is 0.831. The lowest BCUT2D eigenvalue weighted by Gasteiger charge is -2.19. The molecule has 6 nitrogen and oxygen atoms in total. The zero-order chi connectivity index (χ0) is 17.7. The van der Waals surface area contributed by atoms with Crippen LogP contribution in [0.25, 0.3) is 0 Å². The van der Waals surface area contributed by atoms with E-state index in [4.69, 9.17) is 9.47 Å². The van der Waals surface area contributed by atoms with E-state index in [2.05, 4.69) is 15.8 Å². The lowest BCUT2D eigenvalue weighted by atomic mass is 10.0. The van der Waals surface area contributed by atoms with Crippen molar-refractivity contribution in [3.8, 4) is 0 Å². The van der Waals surface area contributed by atoms with Crippen LogP contribution in [0, 0.1) is 0 Å². The van der Waals surface area contributed by atoms with Crippen LogP contribution in [0.5, 0.6) is 0 Å². The molecule has 0 aromatic heterocycles. The molecule has 0 bridgehead atoms. The van der Waals surface area contributed by atoms with Gasteiger partial charge in [0.05, 0.1) is 11.7 Å². The number of cyclic esters (lactones) is 1. The summed E-state index contributed by atoms with van der Waals surface area (Å²) in [6.45, 7) is 4.14. The van der Waals surface area contributed by atoms with E-state index in [9.17, 15) is 18.0 Å². The van der Waals surface area contributed by atoms with Crippen LogP contribution >= 0.6 is 0 Å². The van der Waals surface area contributed by atoms with Crippen molar-refractivity contribution in [2.75, 3.05) is 25.1 Å². The fraction of sp³-hybridized carbons (Fsp3) is 0.467. The van der Waals surface area contributed by atoms with Crippen molar-refractivity contribution in [1.82, 2.24) is 5.43 Å². The number of hydrogen-bond donors (Lipinski definition) is 2. The number of rotatable bonds is 6. The summed E-state index contributed by atoms with van der Waals surface area (Å²) < 4.78 is 50.0. The Balaban J connectivity index is 2.24. The van der Waals surface area contributed by atoms with Crippen LogP contribution in [0.15, 0.2) is 23.3 Å². The zero-order valence-electron chi connectivity index (χ0n) is 13.2. The lowest BCUT2D eigenvalue weighted by Crippen LogP contribution is -2.31. The second kappa shape index (κ2) is 7.52. The molecule has 1 aliphatic heterocycles.